The fraction of sp³-hybridized carbons (Fsp3) is 0.412. The number of hydrogen-bond donors (Lipinski definition) is 1. The molecule has 0 saturated heterocycles. The van der Waals surface area contributed by atoms with Gasteiger partial charge in [0.25, 0.3) is 10.0 Å². The number of sulfonamides is 1. The highest BCUT2D eigenvalue weighted by molar-refractivity contribution is 7.92. The lowest BCUT2D eigenvalue weighted by Crippen LogP contribution is -2.53. The summed E-state index contributed by atoms with van der Waals surface area (Å²) in [6.45, 7) is 7.14. The number of aryl methyl sites for hydroxylation is 3. The molecule has 0 aliphatic heterocycles. The number of amides is 2. The van der Waals surface area contributed by atoms with Crippen LogP contribution in [0.25, 0.3) is 0 Å². The Morgan fingerprint density at radius 1 is 0.953 bits per heavy atom. The molecule has 0 spiro atoms. The van der Waals surface area contributed by atoms with Crippen molar-refractivity contribution in [3.05, 3.63) is 89.0 Å². The van der Waals surface area contributed by atoms with Crippen LogP contribution in [0.1, 0.15) is 61.3 Å². The van der Waals surface area contributed by atoms with E-state index in [4.69, 9.17) is 4.74 Å². The summed E-state index contributed by atoms with van der Waals surface area (Å²) in [5.41, 5.74) is 3.72. The number of benzene rings is 3. The molecule has 0 bridgehead atoms. The first-order valence-electron chi connectivity index (χ1n) is 14.9. The molecule has 0 heterocycles. The number of nitrogens with one attached hydrogen (secondary N) is 1. The molecular weight excluding hydrogens is 562 g/mol. The average molecular weight is 606 g/mol. The highest BCUT2D eigenvalue weighted by Gasteiger charge is 2.35. The van der Waals surface area contributed by atoms with Gasteiger partial charge >= 0.3 is 0 Å². The molecule has 230 valence electrons. The van der Waals surface area contributed by atoms with Gasteiger partial charge in [0.15, 0.2) is 0 Å². The number of nitrogens with zero attached hydrogens (tertiary/aromatic N) is 2. The van der Waals surface area contributed by atoms with Gasteiger partial charge in [-0.05, 0) is 87.1 Å². The molecule has 1 fully saturated rings. The first-order chi connectivity index (χ1) is 20.5. The van der Waals surface area contributed by atoms with Gasteiger partial charge in [-0.25, -0.2) is 8.42 Å². The van der Waals surface area contributed by atoms with E-state index < -0.39 is 28.5 Å². The summed E-state index contributed by atoms with van der Waals surface area (Å²) in [5, 5.41) is 3.15. The molecule has 2 amide bonds. The van der Waals surface area contributed by atoms with E-state index in [2.05, 4.69) is 5.32 Å². The molecule has 1 atom stereocenters. The number of carbonyl (C=O) groups is 2. The Kier molecular flexibility index (Phi) is 10.5. The first kappa shape index (κ1) is 32.1. The maximum absolute atomic E-state index is 14.4. The Balaban J connectivity index is 1.75. The van der Waals surface area contributed by atoms with Crippen molar-refractivity contribution in [1.82, 2.24) is 10.2 Å². The van der Waals surface area contributed by atoms with Crippen LogP contribution in [0.3, 0.4) is 0 Å². The summed E-state index contributed by atoms with van der Waals surface area (Å²) < 4.78 is 34.9. The molecule has 1 saturated carbocycles. The Labute approximate surface area is 256 Å². The number of ether oxygens (including phenoxy) is 1. The van der Waals surface area contributed by atoms with E-state index in [1.807, 2.05) is 64.1 Å². The van der Waals surface area contributed by atoms with E-state index in [9.17, 15) is 18.0 Å². The van der Waals surface area contributed by atoms with Crippen LogP contribution in [0.4, 0.5) is 5.69 Å². The van der Waals surface area contributed by atoms with E-state index in [1.54, 1.807) is 37.4 Å². The highest BCUT2D eigenvalue weighted by atomic mass is 32.2. The van der Waals surface area contributed by atoms with E-state index in [0.29, 0.717) is 17.9 Å². The third-order valence-electron chi connectivity index (χ3n) is 8.10. The van der Waals surface area contributed by atoms with Crippen molar-refractivity contribution >= 4 is 27.5 Å². The standard InChI is InChI=1S/C34H43N3O5S/c1-6-31(34(39)35-28-11-7-8-12-28)36(22-27-10-9-13-29(21-27)42-5)33(38)23-37(32-20-25(3)14-17-26(32)4)43(40,41)30-18-15-24(2)16-19-30/h9-10,13-21,28,31H,6-8,11-12,22-23H2,1-5H3,(H,35,39)/t31-/m0/s1. The normalized spacial score (nSPS) is 14.3. The summed E-state index contributed by atoms with van der Waals surface area (Å²) in [6, 6.07) is 18.8. The third kappa shape index (κ3) is 7.76. The Bertz CT molecular complexity index is 1530. The lowest BCUT2D eigenvalue weighted by molar-refractivity contribution is -0.140. The van der Waals surface area contributed by atoms with Crippen molar-refractivity contribution in [3.8, 4) is 5.75 Å². The van der Waals surface area contributed by atoms with E-state index in [0.717, 1.165) is 47.9 Å². The second kappa shape index (κ2) is 14.1. The minimum Gasteiger partial charge on any atom is -0.497 e. The smallest absolute Gasteiger partial charge is 0.264 e. The predicted molar refractivity (Wildman–Crippen MR) is 170 cm³/mol. The monoisotopic (exact) mass is 605 g/mol. The molecule has 3 aromatic carbocycles. The molecule has 0 aromatic heterocycles. The molecule has 43 heavy (non-hydrogen) atoms. The summed E-state index contributed by atoms with van der Waals surface area (Å²) >= 11 is 0. The molecule has 0 unspecified atom stereocenters. The number of rotatable bonds is 12. The van der Waals surface area contributed by atoms with Gasteiger partial charge in [-0.15, -0.1) is 0 Å². The van der Waals surface area contributed by atoms with Gasteiger partial charge in [0, 0.05) is 12.6 Å². The maximum Gasteiger partial charge on any atom is 0.264 e. The fourth-order valence-electron chi connectivity index (χ4n) is 5.59. The van der Waals surface area contributed by atoms with Gasteiger partial charge in [-0.3, -0.25) is 13.9 Å². The van der Waals surface area contributed by atoms with Crippen LogP contribution >= 0.6 is 0 Å². The number of carbonyl (C=O) groups excluding carboxylic acids is 2. The second-order valence-electron chi connectivity index (χ2n) is 11.4. The molecule has 1 aliphatic rings. The van der Waals surface area contributed by atoms with Gasteiger partial charge in [0.05, 0.1) is 17.7 Å². The van der Waals surface area contributed by atoms with Crippen LogP contribution in [-0.4, -0.2) is 50.9 Å². The fourth-order valence-corrected chi connectivity index (χ4v) is 7.06. The second-order valence-corrected chi connectivity index (χ2v) is 13.3. The molecule has 4 rings (SSSR count). The van der Waals surface area contributed by atoms with Crippen LogP contribution in [0.5, 0.6) is 5.75 Å². The highest BCUT2D eigenvalue weighted by Crippen LogP contribution is 2.29. The summed E-state index contributed by atoms with van der Waals surface area (Å²) in [4.78, 5) is 29.6. The number of anilines is 1. The molecule has 1 N–H and O–H groups in total. The lowest BCUT2D eigenvalue weighted by Gasteiger charge is -2.34. The van der Waals surface area contributed by atoms with Crippen molar-refractivity contribution in [2.45, 2.75) is 83.3 Å². The zero-order chi connectivity index (χ0) is 31.1. The SMILES string of the molecule is CC[C@@H](C(=O)NC1CCCC1)N(Cc1cccc(OC)c1)C(=O)CN(c1cc(C)ccc1C)S(=O)(=O)c1ccc(C)cc1. The third-order valence-corrected chi connectivity index (χ3v) is 9.87. The van der Waals surface area contributed by atoms with E-state index in [-0.39, 0.29) is 23.4 Å². The van der Waals surface area contributed by atoms with Gasteiger partial charge in [0.2, 0.25) is 11.8 Å². The Morgan fingerprint density at radius 3 is 2.28 bits per heavy atom. The molecular formula is C34H43N3O5S. The molecule has 9 heteroatoms. The Morgan fingerprint density at radius 2 is 1.63 bits per heavy atom. The van der Waals surface area contributed by atoms with Crippen molar-refractivity contribution in [2.24, 2.45) is 0 Å². The zero-order valence-corrected chi connectivity index (χ0v) is 26.6. The van der Waals surface area contributed by atoms with Crippen LogP contribution < -0.4 is 14.4 Å². The van der Waals surface area contributed by atoms with Crippen LogP contribution in [0, 0.1) is 20.8 Å². The van der Waals surface area contributed by atoms with Gasteiger partial charge < -0.3 is 15.0 Å². The van der Waals surface area contributed by atoms with Crippen molar-refractivity contribution in [2.75, 3.05) is 18.0 Å². The minimum atomic E-state index is -4.13. The van der Waals surface area contributed by atoms with Crippen molar-refractivity contribution in [3.63, 3.8) is 0 Å². The topological polar surface area (TPSA) is 96.0 Å². The van der Waals surface area contributed by atoms with Gasteiger partial charge in [-0.2, -0.15) is 0 Å². The minimum absolute atomic E-state index is 0.0867. The maximum atomic E-state index is 14.4. The Hall–Kier alpha value is -3.85. The molecule has 0 radical (unpaired) electrons. The molecule has 8 nitrogen and oxygen atoms in total. The summed E-state index contributed by atoms with van der Waals surface area (Å²) in [7, 11) is -2.55. The van der Waals surface area contributed by atoms with Crippen molar-refractivity contribution in [1.29, 1.82) is 0 Å². The van der Waals surface area contributed by atoms with Gasteiger partial charge in [0.1, 0.15) is 18.3 Å². The summed E-state index contributed by atoms with van der Waals surface area (Å²) in [5.74, 6) is -0.0505. The predicted octanol–water partition coefficient (Wildman–Crippen LogP) is 5.68. The van der Waals surface area contributed by atoms with E-state index >= 15 is 0 Å². The quantitative estimate of drug-likeness (QED) is 0.287. The lowest BCUT2D eigenvalue weighted by atomic mass is 10.1. The van der Waals surface area contributed by atoms with Gasteiger partial charge in [-0.1, -0.05) is 61.7 Å². The molecule has 3 aromatic rings. The molecule has 1 aliphatic carbocycles. The average Bonchev–Trinajstić information content (AvgIpc) is 3.50. The first-order valence-corrected chi connectivity index (χ1v) is 16.4. The zero-order valence-electron chi connectivity index (χ0n) is 25.8. The van der Waals surface area contributed by atoms with E-state index in [1.165, 1.54) is 9.21 Å². The van der Waals surface area contributed by atoms with Crippen molar-refractivity contribution < 1.29 is 22.7 Å². The van der Waals surface area contributed by atoms with Crippen LogP contribution in [0.2, 0.25) is 0 Å². The number of hydrogen-bond acceptors (Lipinski definition) is 5. The largest absolute Gasteiger partial charge is 0.497 e. The van der Waals surface area contributed by atoms with Crippen LogP contribution in [-0.2, 0) is 26.2 Å². The van der Waals surface area contributed by atoms with Crippen LogP contribution in [0.15, 0.2) is 71.6 Å². The summed E-state index contributed by atoms with van der Waals surface area (Å²) in [6.07, 6.45) is 4.34. The number of methoxy groups -OCH3 is 1.